The second kappa shape index (κ2) is 9.21. The Labute approximate surface area is 190 Å². The van der Waals surface area contributed by atoms with Crippen LogP contribution in [0, 0.1) is 13.8 Å². The lowest BCUT2D eigenvalue weighted by Crippen LogP contribution is -2.20. The molecule has 1 aliphatic rings. The molecule has 0 radical (unpaired) electrons. The number of amides is 1. The lowest BCUT2D eigenvalue weighted by Gasteiger charge is -2.14. The number of aryl methyl sites for hydroxylation is 1. The summed E-state index contributed by atoms with van der Waals surface area (Å²) < 4.78 is 38.5. The molecule has 1 unspecified atom stereocenters. The van der Waals surface area contributed by atoms with Crippen LogP contribution in [-0.4, -0.2) is 42.1 Å². The van der Waals surface area contributed by atoms with Crippen LogP contribution in [0.25, 0.3) is 0 Å². The number of benzene rings is 1. The molecule has 4 rings (SSSR count). The smallest absolute Gasteiger partial charge is 0.264 e. The second-order valence-electron chi connectivity index (χ2n) is 7.27. The van der Waals surface area contributed by atoms with E-state index >= 15 is 0 Å². The van der Waals surface area contributed by atoms with Crippen molar-refractivity contribution < 1.29 is 22.5 Å². The lowest BCUT2D eigenvalue weighted by atomic mass is 10.2. The fraction of sp³-hybridized carbons (Fsp3) is 0.286. The zero-order chi connectivity index (χ0) is 22.7. The maximum Gasteiger partial charge on any atom is 0.264 e. The van der Waals surface area contributed by atoms with Crippen LogP contribution in [0.4, 0.5) is 11.6 Å². The maximum absolute atomic E-state index is 12.8. The Morgan fingerprint density at radius 3 is 2.66 bits per heavy atom. The van der Waals surface area contributed by atoms with Gasteiger partial charge in [-0.25, -0.2) is 18.1 Å². The van der Waals surface area contributed by atoms with Crippen molar-refractivity contribution in [3.8, 4) is 5.88 Å². The largest absolute Gasteiger partial charge is 0.473 e. The Bertz CT molecular complexity index is 1220. The van der Waals surface area contributed by atoms with Crippen molar-refractivity contribution in [1.29, 1.82) is 0 Å². The van der Waals surface area contributed by atoms with E-state index < -0.39 is 10.0 Å². The van der Waals surface area contributed by atoms with Gasteiger partial charge in [-0.2, -0.15) is 11.8 Å². The van der Waals surface area contributed by atoms with Crippen molar-refractivity contribution in [3.63, 3.8) is 0 Å². The first-order chi connectivity index (χ1) is 15.3. The van der Waals surface area contributed by atoms with E-state index in [1.807, 2.05) is 0 Å². The predicted octanol–water partition coefficient (Wildman–Crippen LogP) is 3.62. The van der Waals surface area contributed by atoms with Gasteiger partial charge in [0.05, 0.1) is 10.6 Å². The Kier molecular flexibility index (Phi) is 6.38. The number of rotatable bonds is 7. The van der Waals surface area contributed by atoms with Crippen molar-refractivity contribution in [3.05, 3.63) is 59.4 Å². The molecule has 9 nitrogen and oxygen atoms in total. The van der Waals surface area contributed by atoms with E-state index in [-0.39, 0.29) is 22.8 Å². The third-order valence-corrected chi connectivity index (χ3v) is 7.47. The SMILES string of the molecule is Cc1noc(NS(=O)(=O)c2ccc(NC(=O)c3cccnc3OC3CCSC3)cc2)c1C. The standard InChI is InChI=1S/C21H22N4O5S2/c1-13-14(2)24-30-20(13)25-32(27,28)17-7-5-15(6-8-17)23-19(26)18-4-3-10-22-21(18)29-16-9-11-31-12-16/h3-8,10,16,25H,9,11-12H2,1-2H3,(H,23,26). The lowest BCUT2D eigenvalue weighted by molar-refractivity contribution is 0.101. The van der Waals surface area contributed by atoms with Gasteiger partial charge < -0.3 is 14.6 Å². The Morgan fingerprint density at radius 1 is 1.22 bits per heavy atom. The first-order valence-electron chi connectivity index (χ1n) is 9.90. The van der Waals surface area contributed by atoms with Crippen molar-refractivity contribution in [1.82, 2.24) is 10.1 Å². The van der Waals surface area contributed by atoms with E-state index in [0.29, 0.717) is 28.4 Å². The number of thioether (sulfide) groups is 1. The number of anilines is 2. The van der Waals surface area contributed by atoms with E-state index in [9.17, 15) is 13.2 Å². The maximum atomic E-state index is 12.8. The molecule has 0 spiro atoms. The van der Waals surface area contributed by atoms with Crippen LogP contribution >= 0.6 is 11.8 Å². The fourth-order valence-electron chi connectivity index (χ4n) is 3.03. The minimum Gasteiger partial charge on any atom is -0.473 e. The van der Waals surface area contributed by atoms with E-state index in [0.717, 1.165) is 17.9 Å². The third-order valence-electron chi connectivity index (χ3n) is 4.99. The van der Waals surface area contributed by atoms with Gasteiger partial charge in [-0.1, -0.05) is 5.16 Å². The van der Waals surface area contributed by atoms with Crippen molar-refractivity contribution in [2.24, 2.45) is 0 Å². The molecule has 1 saturated heterocycles. The van der Waals surface area contributed by atoms with Gasteiger partial charge in [-0.15, -0.1) is 0 Å². The summed E-state index contributed by atoms with van der Waals surface area (Å²) in [5.41, 5.74) is 1.97. The van der Waals surface area contributed by atoms with Crippen LogP contribution in [0.2, 0.25) is 0 Å². The second-order valence-corrected chi connectivity index (χ2v) is 10.1. The molecular formula is C21H22N4O5S2. The average molecular weight is 475 g/mol. The highest BCUT2D eigenvalue weighted by molar-refractivity contribution is 7.99. The van der Waals surface area contributed by atoms with Gasteiger partial charge in [0.15, 0.2) is 0 Å². The van der Waals surface area contributed by atoms with Crippen LogP contribution in [0.5, 0.6) is 5.88 Å². The molecule has 1 aromatic carbocycles. The summed E-state index contributed by atoms with van der Waals surface area (Å²) in [6.45, 7) is 3.43. The summed E-state index contributed by atoms with van der Waals surface area (Å²) in [7, 11) is -3.87. The van der Waals surface area contributed by atoms with Crippen LogP contribution in [0.1, 0.15) is 28.0 Å². The summed E-state index contributed by atoms with van der Waals surface area (Å²) in [4.78, 5) is 17.0. The quantitative estimate of drug-likeness (QED) is 0.532. The molecule has 1 atom stereocenters. The fourth-order valence-corrected chi connectivity index (χ4v) is 5.17. The van der Waals surface area contributed by atoms with Gasteiger partial charge in [0, 0.05) is 23.2 Å². The van der Waals surface area contributed by atoms with E-state index in [1.54, 1.807) is 43.9 Å². The Morgan fingerprint density at radius 2 is 2.00 bits per heavy atom. The number of carbonyl (C=O) groups is 1. The van der Waals surface area contributed by atoms with Gasteiger partial charge in [-0.3, -0.25) is 4.79 Å². The summed E-state index contributed by atoms with van der Waals surface area (Å²) in [6.07, 6.45) is 2.54. The molecule has 1 aliphatic heterocycles. The number of pyridine rings is 1. The van der Waals surface area contributed by atoms with Crippen LogP contribution in [0.15, 0.2) is 52.0 Å². The zero-order valence-corrected chi connectivity index (χ0v) is 19.1. The Hall–Kier alpha value is -3.05. The topological polar surface area (TPSA) is 123 Å². The number of hydrogen-bond acceptors (Lipinski definition) is 8. The third kappa shape index (κ3) is 4.89. The van der Waals surface area contributed by atoms with Gasteiger partial charge in [0.2, 0.25) is 11.8 Å². The summed E-state index contributed by atoms with van der Waals surface area (Å²) in [5.74, 6) is 1.87. The minimum absolute atomic E-state index is 0.0214. The molecule has 3 heterocycles. The highest BCUT2D eigenvalue weighted by Gasteiger charge is 2.22. The van der Waals surface area contributed by atoms with Gasteiger partial charge >= 0.3 is 0 Å². The van der Waals surface area contributed by atoms with Gasteiger partial charge in [0.1, 0.15) is 11.7 Å². The summed E-state index contributed by atoms with van der Waals surface area (Å²) in [5, 5.41) is 6.50. The van der Waals surface area contributed by atoms with E-state index in [2.05, 4.69) is 20.2 Å². The van der Waals surface area contributed by atoms with Crippen molar-refractivity contribution in [2.45, 2.75) is 31.3 Å². The molecule has 0 saturated carbocycles. The van der Waals surface area contributed by atoms with E-state index in [4.69, 9.17) is 9.26 Å². The predicted molar refractivity (Wildman–Crippen MR) is 122 cm³/mol. The molecule has 1 fully saturated rings. The van der Waals surface area contributed by atoms with Gasteiger partial charge in [-0.05, 0) is 62.4 Å². The number of aromatic nitrogens is 2. The molecule has 11 heteroatoms. The van der Waals surface area contributed by atoms with Crippen molar-refractivity contribution in [2.75, 3.05) is 21.5 Å². The molecule has 0 bridgehead atoms. The first kappa shape index (κ1) is 22.2. The van der Waals surface area contributed by atoms with Crippen LogP contribution < -0.4 is 14.8 Å². The Balaban J connectivity index is 1.46. The number of carbonyl (C=O) groups excluding carboxylic acids is 1. The van der Waals surface area contributed by atoms with Crippen LogP contribution in [-0.2, 0) is 10.0 Å². The molecule has 0 aliphatic carbocycles. The van der Waals surface area contributed by atoms with E-state index in [1.165, 1.54) is 24.3 Å². The molecule has 2 aromatic heterocycles. The summed E-state index contributed by atoms with van der Waals surface area (Å²) >= 11 is 1.81. The highest BCUT2D eigenvalue weighted by Crippen LogP contribution is 2.26. The highest BCUT2D eigenvalue weighted by atomic mass is 32.2. The normalized spacial score (nSPS) is 16.0. The molecule has 168 valence electrons. The van der Waals surface area contributed by atoms with Gasteiger partial charge in [0.25, 0.3) is 15.9 Å². The average Bonchev–Trinajstić information content (AvgIpc) is 3.40. The molecule has 1 amide bonds. The first-order valence-corrected chi connectivity index (χ1v) is 12.5. The summed E-state index contributed by atoms with van der Waals surface area (Å²) in [6, 6.07) is 9.12. The number of nitrogens with one attached hydrogen (secondary N) is 2. The zero-order valence-electron chi connectivity index (χ0n) is 17.5. The number of sulfonamides is 1. The van der Waals surface area contributed by atoms with Crippen molar-refractivity contribution >= 4 is 39.3 Å². The number of ether oxygens (including phenoxy) is 1. The molecule has 3 aromatic rings. The number of nitrogens with zero attached hydrogens (tertiary/aromatic N) is 2. The minimum atomic E-state index is -3.87. The molecule has 2 N–H and O–H groups in total. The molecule has 32 heavy (non-hydrogen) atoms. The number of hydrogen-bond donors (Lipinski definition) is 2. The van der Waals surface area contributed by atoms with Crippen LogP contribution in [0.3, 0.4) is 0 Å². The molecular weight excluding hydrogens is 452 g/mol. The monoisotopic (exact) mass is 474 g/mol.